The molecule has 0 radical (unpaired) electrons. The molecule has 0 bridgehead atoms. The van der Waals surface area contributed by atoms with Gasteiger partial charge in [0.1, 0.15) is 5.69 Å². The van der Waals surface area contributed by atoms with E-state index in [0.717, 1.165) is 0 Å². The van der Waals surface area contributed by atoms with Crippen LogP contribution in [-0.4, -0.2) is 41.9 Å². The smallest absolute Gasteiger partial charge is 0.259 e. The van der Waals surface area contributed by atoms with Gasteiger partial charge in [0.15, 0.2) is 5.76 Å². The Morgan fingerprint density at radius 3 is 2.55 bits per heavy atom. The van der Waals surface area contributed by atoms with E-state index in [-0.39, 0.29) is 10.6 Å². The summed E-state index contributed by atoms with van der Waals surface area (Å²) in [4.78, 5) is 17.8. The van der Waals surface area contributed by atoms with Crippen LogP contribution in [0.3, 0.4) is 0 Å². The number of hydrogen-bond donors (Lipinski definition) is 1. The standard InChI is InChI=1S/C23H24N4O5S/c1-5-27(6-2)33(29,30)20-12-16(10-9-14(20)3)24-22(28)17-13-18(19-8-7-11-31-19)25-23-21(17)15(4)26-32-23/h7-13H,5-6H2,1-4H3,(H,24,28). The number of hydrogen-bond acceptors (Lipinski definition) is 7. The summed E-state index contributed by atoms with van der Waals surface area (Å²) < 4.78 is 38.2. The molecule has 4 rings (SSSR count). The Balaban J connectivity index is 1.75. The first-order chi connectivity index (χ1) is 15.8. The highest BCUT2D eigenvalue weighted by molar-refractivity contribution is 7.89. The monoisotopic (exact) mass is 468 g/mol. The lowest BCUT2D eigenvalue weighted by atomic mass is 10.1. The summed E-state index contributed by atoms with van der Waals surface area (Å²) in [6, 6.07) is 9.86. The van der Waals surface area contributed by atoms with Crippen molar-refractivity contribution < 1.29 is 22.2 Å². The molecule has 10 heteroatoms. The van der Waals surface area contributed by atoms with Crippen LogP contribution < -0.4 is 5.32 Å². The Bertz CT molecular complexity index is 1420. The highest BCUT2D eigenvalue weighted by Gasteiger charge is 2.25. The van der Waals surface area contributed by atoms with Crippen LogP contribution in [0, 0.1) is 13.8 Å². The second-order valence-corrected chi connectivity index (χ2v) is 9.41. The highest BCUT2D eigenvalue weighted by atomic mass is 32.2. The topological polar surface area (TPSA) is 119 Å². The third kappa shape index (κ3) is 4.14. The van der Waals surface area contributed by atoms with Gasteiger partial charge in [-0.2, -0.15) is 4.31 Å². The van der Waals surface area contributed by atoms with E-state index in [1.165, 1.54) is 16.6 Å². The number of rotatable bonds is 7. The predicted octanol–water partition coefficient (Wildman–Crippen LogP) is 4.38. The molecule has 1 amide bonds. The molecule has 9 nitrogen and oxygen atoms in total. The first-order valence-corrected chi connectivity index (χ1v) is 11.9. The van der Waals surface area contributed by atoms with E-state index in [1.807, 2.05) is 0 Å². The highest BCUT2D eigenvalue weighted by Crippen LogP contribution is 2.29. The molecule has 0 aliphatic carbocycles. The molecule has 1 aromatic carbocycles. The molecule has 0 fully saturated rings. The van der Waals surface area contributed by atoms with Crippen LogP contribution in [0.5, 0.6) is 0 Å². The maximum Gasteiger partial charge on any atom is 0.259 e. The number of aryl methyl sites for hydroxylation is 2. The summed E-state index contributed by atoms with van der Waals surface area (Å²) in [5.41, 5.74) is 2.39. The molecule has 3 aromatic heterocycles. The lowest BCUT2D eigenvalue weighted by Crippen LogP contribution is -2.31. The second kappa shape index (κ2) is 8.80. The number of fused-ring (bicyclic) bond motifs is 1. The van der Waals surface area contributed by atoms with E-state index in [0.29, 0.717) is 52.4 Å². The Hall–Kier alpha value is -3.50. The number of pyridine rings is 1. The summed E-state index contributed by atoms with van der Waals surface area (Å²) >= 11 is 0. The number of aromatic nitrogens is 2. The zero-order valence-corrected chi connectivity index (χ0v) is 19.6. The van der Waals surface area contributed by atoms with Gasteiger partial charge in [0.25, 0.3) is 11.6 Å². The molecule has 0 atom stereocenters. The molecule has 0 spiro atoms. The third-order valence-corrected chi connectivity index (χ3v) is 7.60. The van der Waals surface area contributed by atoms with Gasteiger partial charge >= 0.3 is 0 Å². The van der Waals surface area contributed by atoms with Crippen molar-refractivity contribution in [1.82, 2.24) is 14.4 Å². The maximum absolute atomic E-state index is 13.3. The molecule has 4 aromatic rings. The number of benzene rings is 1. The minimum Gasteiger partial charge on any atom is -0.463 e. The molecule has 1 N–H and O–H groups in total. The number of nitrogens with zero attached hydrogens (tertiary/aromatic N) is 3. The predicted molar refractivity (Wildman–Crippen MR) is 123 cm³/mol. The molecule has 0 aliphatic heterocycles. The molecule has 0 saturated heterocycles. The normalized spacial score (nSPS) is 11.9. The first kappa shape index (κ1) is 22.7. The fraction of sp³-hybridized carbons (Fsp3) is 0.261. The van der Waals surface area contributed by atoms with E-state index in [1.54, 1.807) is 58.0 Å². The van der Waals surface area contributed by atoms with E-state index < -0.39 is 15.9 Å². The van der Waals surface area contributed by atoms with Gasteiger partial charge in [0.05, 0.1) is 27.8 Å². The number of furan rings is 1. The van der Waals surface area contributed by atoms with E-state index in [2.05, 4.69) is 15.5 Å². The number of sulfonamides is 1. The zero-order chi connectivity index (χ0) is 23.8. The number of anilines is 1. The van der Waals surface area contributed by atoms with Crippen LogP contribution in [0.1, 0.15) is 35.5 Å². The van der Waals surface area contributed by atoms with Crippen molar-refractivity contribution in [3.05, 3.63) is 59.5 Å². The second-order valence-electron chi connectivity index (χ2n) is 7.50. The molecule has 3 heterocycles. The Morgan fingerprint density at radius 2 is 1.88 bits per heavy atom. The van der Waals surface area contributed by atoms with Gasteiger partial charge in [-0.3, -0.25) is 4.79 Å². The van der Waals surface area contributed by atoms with Crippen LogP contribution in [0.25, 0.3) is 22.6 Å². The molecule has 33 heavy (non-hydrogen) atoms. The fourth-order valence-electron chi connectivity index (χ4n) is 3.68. The van der Waals surface area contributed by atoms with Crippen molar-refractivity contribution >= 4 is 32.7 Å². The van der Waals surface area contributed by atoms with Gasteiger partial charge in [0, 0.05) is 18.8 Å². The summed E-state index contributed by atoms with van der Waals surface area (Å²) in [7, 11) is -3.69. The van der Waals surface area contributed by atoms with Crippen molar-refractivity contribution in [2.45, 2.75) is 32.6 Å². The largest absolute Gasteiger partial charge is 0.463 e. The van der Waals surface area contributed by atoms with Crippen LogP contribution in [0.2, 0.25) is 0 Å². The molecule has 0 aliphatic rings. The molecule has 0 unspecified atom stereocenters. The Labute approximate surface area is 191 Å². The maximum atomic E-state index is 13.3. The minimum absolute atomic E-state index is 0.154. The molecular weight excluding hydrogens is 444 g/mol. The van der Waals surface area contributed by atoms with Gasteiger partial charge < -0.3 is 14.3 Å². The van der Waals surface area contributed by atoms with Crippen LogP contribution in [0.15, 0.2) is 56.5 Å². The Morgan fingerprint density at radius 1 is 1.12 bits per heavy atom. The third-order valence-electron chi connectivity index (χ3n) is 5.40. The van der Waals surface area contributed by atoms with Crippen molar-refractivity contribution in [2.75, 3.05) is 18.4 Å². The summed E-state index contributed by atoms with van der Waals surface area (Å²) in [6.45, 7) is 7.73. The number of amides is 1. The summed E-state index contributed by atoms with van der Waals surface area (Å²) in [6.07, 6.45) is 1.51. The van der Waals surface area contributed by atoms with Crippen molar-refractivity contribution in [1.29, 1.82) is 0 Å². The van der Waals surface area contributed by atoms with Gasteiger partial charge in [-0.1, -0.05) is 25.1 Å². The van der Waals surface area contributed by atoms with Gasteiger partial charge in [0.2, 0.25) is 10.0 Å². The SMILES string of the molecule is CCN(CC)S(=O)(=O)c1cc(NC(=O)c2cc(-c3ccco3)nc3onc(C)c23)ccc1C. The summed E-state index contributed by atoms with van der Waals surface area (Å²) in [5.74, 6) is 0.0273. The van der Waals surface area contributed by atoms with Gasteiger partial charge in [-0.05, 0) is 49.7 Å². The molecule has 172 valence electrons. The Kier molecular flexibility index (Phi) is 6.05. The van der Waals surface area contributed by atoms with E-state index in [9.17, 15) is 13.2 Å². The molecular formula is C23H24N4O5S. The van der Waals surface area contributed by atoms with Gasteiger partial charge in [-0.25, -0.2) is 13.4 Å². The average Bonchev–Trinajstić information content (AvgIpc) is 3.45. The van der Waals surface area contributed by atoms with Crippen molar-refractivity contribution in [2.24, 2.45) is 0 Å². The fourth-order valence-corrected chi connectivity index (χ4v) is 5.39. The van der Waals surface area contributed by atoms with Crippen LogP contribution in [-0.2, 0) is 10.0 Å². The van der Waals surface area contributed by atoms with E-state index in [4.69, 9.17) is 8.94 Å². The van der Waals surface area contributed by atoms with E-state index >= 15 is 0 Å². The average molecular weight is 469 g/mol. The summed E-state index contributed by atoms with van der Waals surface area (Å²) in [5, 5.41) is 7.21. The lowest BCUT2D eigenvalue weighted by Gasteiger charge is -2.20. The lowest BCUT2D eigenvalue weighted by molar-refractivity contribution is 0.102. The number of nitrogens with one attached hydrogen (secondary N) is 1. The van der Waals surface area contributed by atoms with Crippen LogP contribution >= 0.6 is 0 Å². The minimum atomic E-state index is -3.69. The van der Waals surface area contributed by atoms with Crippen molar-refractivity contribution in [3.63, 3.8) is 0 Å². The quantitative estimate of drug-likeness (QED) is 0.427. The zero-order valence-electron chi connectivity index (χ0n) is 18.7. The molecule has 0 saturated carbocycles. The van der Waals surface area contributed by atoms with Crippen molar-refractivity contribution in [3.8, 4) is 11.5 Å². The number of carbonyl (C=O) groups is 1. The van der Waals surface area contributed by atoms with Gasteiger partial charge in [-0.15, -0.1) is 0 Å². The number of carbonyl (C=O) groups excluding carboxylic acids is 1. The van der Waals surface area contributed by atoms with Crippen LogP contribution in [0.4, 0.5) is 5.69 Å². The first-order valence-electron chi connectivity index (χ1n) is 10.5.